The number of rotatable bonds is 7. The maximum Gasteiger partial charge on any atom is 0.167 e. The Morgan fingerprint density at radius 1 is 1.24 bits per heavy atom. The van der Waals surface area contributed by atoms with E-state index in [1.165, 1.54) is 0 Å². The Morgan fingerprint density at radius 3 is 2.67 bits per heavy atom. The molecule has 1 heterocycles. The fourth-order valence-corrected chi connectivity index (χ4v) is 2.14. The number of aliphatic hydroxyl groups is 1. The molecule has 1 aromatic heterocycles. The molecular weight excluding hydrogens is 268 g/mol. The van der Waals surface area contributed by atoms with Gasteiger partial charge in [-0.15, -0.1) is 0 Å². The molecule has 21 heavy (non-hydrogen) atoms. The third kappa shape index (κ3) is 3.55. The highest BCUT2D eigenvalue weighted by molar-refractivity contribution is 5.46. The van der Waals surface area contributed by atoms with E-state index in [0.717, 1.165) is 23.4 Å². The molecule has 1 N–H and O–H groups in total. The lowest BCUT2D eigenvalue weighted by Gasteiger charge is -2.15. The Kier molecular flexibility index (Phi) is 5.22. The van der Waals surface area contributed by atoms with Crippen molar-refractivity contribution >= 4 is 0 Å². The van der Waals surface area contributed by atoms with Crippen molar-refractivity contribution in [1.82, 2.24) is 9.78 Å². The number of benzene rings is 1. The third-order valence-electron chi connectivity index (χ3n) is 3.28. The monoisotopic (exact) mass is 290 g/mol. The summed E-state index contributed by atoms with van der Waals surface area (Å²) in [6, 6.07) is 7.56. The number of aliphatic hydroxyl groups excluding tert-OH is 1. The molecule has 2 aromatic rings. The number of aryl methyl sites for hydroxylation is 2. The molecule has 0 aliphatic heterocycles. The second kappa shape index (κ2) is 7.13. The molecule has 5 nitrogen and oxygen atoms in total. The SMILES string of the molecule is CCOc1cccc(CO)c1OCc1cc(CC)nn1C. The molecule has 0 aliphatic carbocycles. The predicted octanol–water partition coefficient (Wildman–Crippen LogP) is 2.45. The van der Waals surface area contributed by atoms with Gasteiger partial charge in [0.15, 0.2) is 11.5 Å². The average molecular weight is 290 g/mol. The normalized spacial score (nSPS) is 10.7. The smallest absolute Gasteiger partial charge is 0.167 e. The van der Waals surface area contributed by atoms with Gasteiger partial charge in [-0.2, -0.15) is 5.10 Å². The van der Waals surface area contributed by atoms with Crippen LogP contribution in [-0.2, 0) is 26.7 Å². The van der Waals surface area contributed by atoms with Gasteiger partial charge in [0.25, 0.3) is 0 Å². The first-order valence-electron chi connectivity index (χ1n) is 7.19. The van der Waals surface area contributed by atoms with E-state index in [1.807, 2.05) is 42.9 Å². The first-order valence-corrected chi connectivity index (χ1v) is 7.19. The first-order chi connectivity index (χ1) is 10.2. The van der Waals surface area contributed by atoms with E-state index in [1.54, 1.807) is 0 Å². The zero-order valence-corrected chi connectivity index (χ0v) is 12.8. The van der Waals surface area contributed by atoms with Crippen molar-refractivity contribution in [2.24, 2.45) is 7.05 Å². The van der Waals surface area contributed by atoms with Crippen LogP contribution in [0.3, 0.4) is 0 Å². The molecule has 0 unspecified atom stereocenters. The van der Waals surface area contributed by atoms with E-state index in [0.29, 0.717) is 24.7 Å². The highest BCUT2D eigenvalue weighted by Crippen LogP contribution is 2.32. The molecule has 5 heteroatoms. The van der Waals surface area contributed by atoms with Crippen molar-refractivity contribution in [3.8, 4) is 11.5 Å². The van der Waals surface area contributed by atoms with Crippen molar-refractivity contribution in [3.63, 3.8) is 0 Å². The second-order valence-corrected chi connectivity index (χ2v) is 4.73. The lowest BCUT2D eigenvalue weighted by atomic mass is 10.2. The van der Waals surface area contributed by atoms with Gasteiger partial charge in [-0.1, -0.05) is 19.1 Å². The van der Waals surface area contributed by atoms with Crippen molar-refractivity contribution in [2.45, 2.75) is 33.5 Å². The summed E-state index contributed by atoms with van der Waals surface area (Å²) in [5.41, 5.74) is 2.75. The van der Waals surface area contributed by atoms with Gasteiger partial charge in [0.05, 0.1) is 24.6 Å². The van der Waals surface area contributed by atoms with Crippen LogP contribution >= 0.6 is 0 Å². The lowest BCUT2D eigenvalue weighted by Crippen LogP contribution is -2.06. The molecule has 0 saturated carbocycles. The quantitative estimate of drug-likeness (QED) is 0.851. The number of hydrogen-bond donors (Lipinski definition) is 1. The first kappa shape index (κ1) is 15.4. The maximum atomic E-state index is 9.45. The number of para-hydroxylation sites is 1. The lowest BCUT2D eigenvalue weighted by molar-refractivity contribution is 0.239. The summed E-state index contributed by atoms with van der Waals surface area (Å²) in [6.07, 6.45) is 0.894. The van der Waals surface area contributed by atoms with Crippen LogP contribution in [0.15, 0.2) is 24.3 Å². The van der Waals surface area contributed by atoms with Crippen LogP contribution in [-0.4, -0.2) is 21.5 Å². The Bertz CT molecular complexity index is 593. The minimum absolute atomic E-state index is 0.0815. The van der Waals surface area contributed by atoms with Gasteiger partial charge in [-0.3, -0.25) is 4.68 Å². The molecule has 2 rings (SSSR count). The minimum atomic E-state index is -0.0815. The molecule has 0 radical (unpaired) electrons. The van der Waals surface area contributed by atoms with Crippen LogP contribution in [0.5, 0.6) is 11.5 Å². The fraction of sp³-hybridized carbons (Fsp3) is 0.438. The molecule has 0 fully saturated rings. The van der Waals surface area contributed by atoms with Crippen molar-refractivity contribution in [1.29, 1.82) is 0 Å². The number of nitrogens with zero attached hydrogens (tertiary/aromatic N) is 2. The molecule has 0 amide bonds. The number of aromatic nitrogens is 2. The Labute approximate surface area is 125 Å². The zero-order valence-electron chi connectivity index (χ0n) is 12.8. The standard InChI is InChI=1S/C16H22N2O3/c1-4-13-9-14(18(3)17-13)11-21-16-12(10-19)7-6-8-15(16)20-5-2/h6-9,19H,4-5,10-11H2,1-3H3. The van der Waals surface area contributed by atoms with Crippen LogP contribution in [0.1, 0.15) is 30.8 Å². The molecule has 0 spiro atoms. The molecule has 1 aromatic carbocycles. The van der Waals surface area contributed by atoms with Crippen molar-refractivity contribution < 1.29 is 14.6 Å². The summed E-state index contributed by atoms with van der Waals surface area (Å²) in [5.74, 6) is 1.25. The highest BCUT2D eigenvalue weighted by atomic mass is 16.5. The minimum Gasteiger partial charge on any atom is -0.490 e. The Morgan fingerprint density at radius 2 is 2.05 bits per heavy atom. The van der Waals surface area contributed by atoms with E-state index in [-0.39, 0.29) is 6.61 Å². The van der Waals surface area contributed by atoms with Gasteiger partial charge in [0.2, 0.25) is 0 Å². The summed E-state index contributed by atoms with van der Waals surface area (Å²) in [4.78, 5) is 0. The summed E-state index contributed by atoms with van der Waals surface area (Å²) in [5, 5.41) is 13.9. The summed E-state index contributed by atoms with van der Waals surface area (Å²) >= 11 is 0. The van der Waals surface area contributed by atoms with E-state index in [2.05, 4.69) is 12.0 Å². The second-order valence-electron chi connectivity index (χ2n) is 4.73. The average Bonchev–Trinajstić information content (AvgIpc) is 2.86. The predicted molar refractivity (Wildman–Crippen MR) is 80.5 cm³/mol. The number of hydrogen-bond acceptors (Lipinski definition) is 4. The zero-order chi connectivity index (χ0) is 15.2. The van der Waals surface area contributed by atoms with Gasteiger partial charge in [-0.05, 0) is 25.5 Å². The summed E-state index contributed by atoms with van der Waals surface area (Å²) < 4.78 is 13.3. The fourth-order valence-electron chi connectivity index (χ4n) is 2.14. The molecule has 0 aliphatic rings. The van der Waals surface area contributed by atoms with E-state index in [4.69, 9.17) is 9.47 Å². The van der Waals surface area contributed by atoms with Crippen LogP contribution in [0, 0.1) is 0 Å². The number of ether oxygens (including phenoxy) is 2. The Hall–Kier alpha value is -2.01. The van der Waals surface area contributed by atoms with E-state index < -0.39 is 0 Å². The molecule has 0 atom stereocenters. The molecule has 114 valence electrons. The van der Waals surface area contributed by atoms with Gasteiger partial charge < -0.3 is 14.6 Å². The van der Waals surface area contributed by atoms with Gasteiger partial charge in [0.1, 0.15) is 6.61 Å². The van der Waals surface area contributed by atoms with Crippen LogP contribution in [0.2, 0.25) is 0 Å². The van der Waals surface area contributed by atoms with Gasteiger partial charge >= 0.3 is 0 Å². The highest BCUT2D eigenvalue weighted by Gasteiger charge is 2.12. The Balaban J connectivity index is 2.19. The van der Waals surface area contributed by atoms with Crippen LogP contribution in [0.4, 0.5) is 0 Å². The topological polar surface area (TPSA) is 56.5 Å². The van der Waals surface area contributed by atoms with Crippen LogP contribution in [0.25, 0.3) is 0 Å². The largest absolute Gasteiger partial charge is 0.490 e. The van der Waals surface area contributed by atoms with Gasteiger partial charge in [0, 0.05) is 12.6 Å². The van der Waals surface area contributed by atoms with E-state index in [9.17, 15) is 5.11 Å². The molecule has 0 bridgehead atoms. The van der Waals surface area contributed by atoms with Crippen LogP contribution < -0.4 is 9.47 Å². The van der Waals surface area contributed by atoms with Crippen molar-refractivity contribution in [3.05, 3.63) is 41.2 Å². The van der Waals surface area contributed by atoms with Crippen molar-refractivity contribution in [2.75, 3.05) is 6.61 Å². The van der Waals surface area contributed by atoms with Gasteiger partial charge in [-0.25, -0.2) is 0 Å². The maximum absolute atomic E-state index is 9.45. The summed E-state index contributed by atoms with van der Waals surface area (Å²) in [7, 11) is 1.90. The molecule has 0 saturated heterocycles. The van der Waals surface area contributed by atoms with E-state index >= 15 is 0 Å². The third-order valence-corrected chi connectivity index (χ3v) is 3.28. The summed E-state index contributed by atoms with van der Waals surface area (Å²) in [6.45, 7) is 4.85. The molecular formula is C16H22N2O3.